The van der Waals surface area contributed by atoms with E-state index in [1.54, 1.807) is 26.1 Å². The Morgan fingerprint density at radius 3 is 2.19 bits per heavy atom. The number of aryl methyl sites for hydroxylation is 1. The van der Waals surface area contributed by atoms with Crippen LogP contribution < -0.4 is 15.4 Å². The molecule has 6 nitrogen and oxygen atoms in total. The normalized spacial score (nSPS) is 10.3. The lowest BCUT2D eigenvalue weighted by Gasteiger charge is -2.10. The maximum atomic E-state index is 12.0. The summed E-state index contributed by atoms with van der Waals surface area (Å²) < 4.78 is 5.12. The van der Waals surface area contributed by atoms with Gasteiger partial charge in [-0.25, -0.2) is 0 Å². The molecule has 0 bridgehead atoms. The molecule has 0 saturated carbocycles. The fourth-order valence-electron chi connectivity index (χ4n) is 2.50. The number of hydrogen-bond donors (Lipinski definition) is 2. The van der Waals surface area contributed by atoms with E-state index in [4.69, 9.17) is 4.74 Å². The molecule has 0 unspecified atom stereocenters. The Hall–Kier alpha value is -2.86. The van der Waals surface area contributed by atoms with Gasteiger partial charge < -0.3 is 20.3 Å². The molecule has 0 atom stereocenters. The van der Waals surface area contributed by atoms with Gasteiger partial charge in [-0.15, -0.1) is 0 Å². The van der Waals surface area contributed by atoms with Crippen molar-refractivity contribution in [1.82, 2.24) is 10.2 Å². The van der Waals surface area contributed by atoms with Crippen molar-refractivity contribution < 1.29 is 14.3 Å². The van der Waals surface area contributed by atoms with E-state index in [-0.39, 0.29) is 18.4 Å². The molecular formula is C21H27N3O3. The lowest BCUT2D eigenvalue weighted by atomic mass is 10.1. The number of nitrogens with zero attached hydrogens (tertiary/aromatic N) is 1. The summed E-state index contributed by atoms with van der Waals surface area (Å²) in [5, 5.41) is 5.98. The molecule has 0 aliphatic rings. The van der Waals surface area contributed by atoms with Crippen molar-refractivity contribution in [2.75, 3.05) is 33.1 Å². The Kier molecular flexibility index (Phi) is 7.82. The second-order valence-corrected chi connectivity index (χ2v) is 6.48. The number of carbonyl (C=O) groups excluding carboxylic acids is 2. The predicted molar refractivity (Wildman–Crippen MR) is 107 cm³/mol. The zero-order valence-electron chi connectivity index (χ0n) is 16.1. The lowest BCUT2D eigenvalue weighted by molar-refractivity contribution is -0.128. The minimum absolute atomic E-state index is 0.0981. The predicted octanol–water partition coefficient (Wildman–Crippen LogP) is 2.44. The average Bonchev–Trinajstić information content (AvgIpc) is 2.67. The summed E-state index contributed by atoms with van der Waals surface area (Å²) in [7, 11) is 5.14. The number of anilines is 1. The summed E-state index contributed by atoms with van der Waals surface area (Å²) in [5.41, 5.74) is 2.90. The van der Waals surface area contributed by atoms with Gasteiger partial charge in [-0.3, -0.25) is 9.59 Å². The first kappa shape index (κ1) is 20.5. The van der Waals surface area contributed by atoms with Gasteiger partial charge in [0.15, 0.2) is 0 Å². The highest BCUT2D eigenvalue weighted by Gasteiger charge is 2.05. The molecule has 0 aromatic heterocycles. The van der Waals surface area contributed by atoms with Crippen LogP contribution in [0.4, 0.5) is 5.69 Å². The number of ether oxygens (including phenoxy) is 1. The fraction of sp³-hybridized carbons (Fsp3) is 0.333. The molecule has 144 valence electrons. The van der Waals surface area contributed by atoms with Crippen LogP contribution in [0.15, 0.2) is 48.5 Å². The number of nitrogens with one attached hydrogen (secondary N) is 2. The lowest BCUT2D eigenvalue weighted by Crippen LogP contribution is -2.27. The van der Waals surface area contributed by atoms with Gasteiger partial charge in [-0.1, -0.05) is 24.3 Å². The highest BCUT2D eigenvalue weighted by atomic mass is 16.5. The second-order valence-electron chi connectivity index (χ2n) is 6.48. The van der Waals surface area contributed by atoms with Crippen LogP contribution in [0.2, 0.25) is 0 Å². The molecule has 27 heavy (non-hydrogen) atoms. The molecule has 2 N–H and O–H groups in total. The minimum atomic E-state index is -0.0981. The summed E-state index contributed by atoms with van der Waals surface area (Å²) in [5.74, 6) is 0.820. The SMILES string of the molecule is COc1ccc(CNCC(=O)Nc2ccc(CCC(=O)N(C)C)cc2)cc1. The Labute approximate surface area is 160 Å². The topological polar surface area (TPSA) is 70.7 Å². The Morgan fingerprint density at radius 1 is 0.963 bits per heavy atom. The molecular weight excluding hydrogens is 342 g/mol. The van der Waals surface area contributed by atoms with Crippen molar-refractivity contribution in [3.8, 4) is 5.75 Å². The van der Waals surface area contributed by atoms with Gasteiger partial charge in [-0.05, 0) is 41.8 Å². The van der Waals surface area contributed by atoms with E-state index in [1.165, 1.54) is 0 Å². The summed E-state index contributed by atoms with van der Waals surface area (Å²) >= 11 is 0. The van der Waals surface area contributed by atoms with E-state index < -0.39 is 0 Å². The van der Waals surface area contributed by atoms with Crippen molar-refractivity contribution in [3.05, 3.63) is 59.7 Å². The first-order valence-electron chi connectivity index (χ1n) is 8.90. The zero-order valence-corrected chi connectivity index (χ0v) is 16.1. The molecule has 0 aliphatic heterocycles. The Bertz CT molecular complexity index is 740. The van der Waals surface area contributed by atoms with E-state index in [0.29, 0.717) is 19.4 Å². The number of carbonyl (C=O) groups is 2. The average molecular weight is 369 g/mol. The maximum absolute atomic E-state index is 12.0. The zero-order chi connectivity index (χ0) is 19.6. The summed E-state index contributed by atoms with van der Waals surface area (Å²) in [6.07, 6.45) is 1.17. The van der Waals surface area contributed by atoms with Crippen LogP contribution in [0.5, 0.6) is 5.75 Å². The molecule has 0 heterocycles. The molecule has 0 saturated heterocycles. The van der Waals surface area contributed by atoms with E-state index in [2.05, 4.69) is 10.6 Å². The molecule has 2 rings (SSSR count). The minimum Gasteiger partial charge on any atom is -0.497 e. The van der Waals surface area contributed by atoms with Gasteiger partial charge in [0.05, 0.1) is 13.7 Å². The molecule has 0 fully saturated rings. The number of hydrogen-bond acceptors (Lipinski definition) is 4. The van der Waals surface area contributed by atoms with Crippen molar-refractivity contribution in [2.45, 2.75) is 19.4 Å². The van der Waals surface area contributed by atoms with Crippen LogP contribution >= 0.6 is 0 Å². The number of amides is 2. The first-order chi connectivity index (χ1) is 13.0. The molecule has 2 amide bonds. The first-order valence-corrected chi connectivity index (χ1v) is 8.90. The standard InChI is InChI=1S/C21H27N3O3/c1-24(2)21(26)13-8-16-4-9-18(10-5-16)23-20(25)15-22-14-17-6-11-19(27-3)12-7-17/h4-7,9-12,22H,8,13-15H2,1-3H3,(H,23,25). The van der Waals surface area contributed by atoms with E-state index in [1.807, 2.05) is 48.5 Å². The van der Waals surface area contributed by atoms with Gasteiger partial charge in [0.2, 0.25) is 11.8 Å². The van der Waals surface area contributed by atoms with Crippen molar-refractivity contribution in [3.63, 3.8) is 0 Å². The molecule has 0 radical (unpaired) electrons. The van der Waals surface area contributed by atoms with E-state index >= 15 is 0 Å². The summed E-state index contributed by atoms with van der Waals surface area (Å²) in [4.78, 5) is 25.2. The third kappa shape index (κ3) is 7.11. The molecule has 0 aliphatic carbocycles. The van der Waals surface area contributed by atoms with Gasteiger partial charge >= 0.3 is 0 Å². The van der Waals surface area contributed by atoms with Crippen molar-refractivity contribution in [2.24, 2.45) is 0 Å². The maximum Gasteiger partial charge on any atom is 0.238 e. The monoisotopic (exact) mass is 369 g/mol. The third-order valence-electron chi connectivity index (χ3n) is 4.14. The quantitative estimate of drug-likeness (QED) is 0.712. The molecule has 2 aromatic carbocycles. The van der Waals surface area contributed by atoms with Crippen LogP contribution in [0.3, 0.4) is 0 Å². The van der Waals surface area contributed by atoms with Gasteiger partial charge in [-0.2, -0.15) is 0 Å². The van der Waals surface area contributed by atoms with Crippen LogP contribution in [0.1, 0.15) is 17.5 Å². The van der Waals surface area contributed by atoms with E-state index in [0.717, 1.165) is 22.6 Å². The molecule has 0 spiro atoms. The van der Waals surface area contributed by atoms with Crippen LogP contribution in [-0.4, -0.2) is 44.5 Å². The van der Waals surface area contributed by atoms with Crippen LogP contribution in [-0.2, 0) is 22.6 Å². The van der Waals surface area contributed by atoms with Crippen LogP contribution in [0.25, 0.3) is 0 Å². The largest absolute Gasteiger partial charge is 0.497 e. The van der Waals surface area contributed by atoms with Gasteiger partial charge in [0.25, 0.3) is 0 Å². The Morgan fingerprint density at radius 2 is 1.59 bits per heavy atom. The smallest absolute Gasteiger partial charge is 0.238 e. The van der Waals surface area contributed by atoms with Gasteiger partial charge in [0.1, 0.15) is 5.75 Å². The van der Waals surface area contributed by atoms with Crippen molar-refractivity contribution >= 4 is 17.5 Å². The number of rotatable bonds is 9. The highest BCUT2D eigenvalue weighted by molar-refractivity contribution is 5.92. The second kappa shape index (κ2) is 10.3. The number of methoxy groups -OCH3 is 1. The fourth-order valence-corrected chi connectivity index (χ4v) is 2.50. The van der Waals surface area contributed by atoms with E-state index in [9.17, 15) is 9.59 Å². The Balaban J connectivity index is 1.72. The van der Waals surface area contributed by atoms with Gasteiger partial charge in [0, 0.05) is 32.7 Å². The van der Waals surface area contributed by atoms with Crippen LogP contribution in [0, 0.1) is 0 Å². The third-order valence-corrected chi connectivity index (χ3v) is 4.14. The number of benzene rings is 2. The van der Waals surface area contributed by atoms with Crippen molar-refractivity contribution in [1.29, 1.82) is 0 Å². The molecule has 2 aromatic rings. The summed E-state index contributed by atoms with van der Waals surface area (Å²) in [6.45, 7) is 0.835. The molecule has 6 heteroatoms. The highest BCUT2D eigenvalue weighted by Crippen LogP contribution is 2.12. The summed E-state index contributed by atoms with van der Waals surface area (Å²) in [6, 6.07) is 15.3.